The molecule has 8 nitrogen and oxygen atoms in total. The van der Waals surface area contributed by atoms with Crippen LogP contribution in [0.3, 0.4) is 0 Å². The molecule has 1 fully saturated rings. The predicted octanol–water partition coefficient (Wildman–Crippen LogP) is 4.13. The van der Waals surface area contributed by atoms with Gasteiger partial charge in [0.1, 0.15) is 0 Å². The lowest BCUT2D eigenvalue weighted by atomic mass is 9.95. The van der Waals surface area contributed by atoms with Gasteiger partial charge in [-0.05, 0) is 44.9 Å². The topological polar surface area (TPSA) is 102 Å². The van der Waals surface area contributed by atoms with E-state index in [0.717, 1.165) is 12.8 Å². The summed E-state index contributed by atoms with van der Waals surface area (Å²) in [5, 5.41) is 14.3. The summed E-state index contributed by atoms with van der Waals surface area (Å²) in [6, 6.07) is 5.34. The lowest BCUT2D eigenvalue weighted by Gasteiger charge is -2.22. The van der Waals surface area contributed by atoms with Crippen molar-refractivity contribution in [2.45, 2.75) is 56.3 Å². The zero-order valence-electron chi connectivity index (χ0n) is 17.8. The smallest absolute Gasteiger partial charge is 0.257 e. The first-order valence-electron chi connectivity index (χ1n) is 10.6. The maximum Gasteiger partial charge on any atom is 0.257 e. The largest absolute Gasteiger partial charge is 0.490 e. The minimum Gasteiger partial charge on any atom is -0.490 e. The van der Waals surface area contributed by atoms with Crippen LogP contribution >= 0.6 is 23.1 Å². The van der Waals surface area contributed by atoms with Gasteiger partial charge in [-0.25, -0.2) is 0 Å². The van der Waals surface area contributed by atoms with Crippen LogP contribution in [0.25, 0.3) is 0 Å². The Balaban J connectivity index is 1.52. The Hall–Kier alpha value is -2.33. The Morgan fingerprint density at radius 2 is 1.84 bits per heavy atom. The van der Waals surface area contributed by atoms with Gasteiger partial charge in [-0.1, -0.05) is 42.4 Å². The van der Waals surface area contributed by atoms with Gasteiger partial charge in [0.05, 0.1) is 19.0 Å². The SMILES string of the molecule is CCOc1ccc(C(=O)Nc2nnc(SCC(=O)NC3CCCCC3)s2)cc1OCC. The van der Waals surface area contributed by atoms with Gasteiger partial charge in [-0.2, -0.15) is 0 Å². The van der Waals surface area contributed by atoms with E-state index in [0.29, 0.717) is 45.8 Å². The van der Waals surface area contributed by atoms with Crippen molar-refractivity contribution in [1.82, 2.24) is 15.5 Å². The second-order valence-corrected chi connectivity index (χ2v) is 9.25. The highest BCUT2D eigenvalue weighted by atomic mass is 32.2. The third-order valence-corrected chi connectivity index (χ3v) is 6.70. The highest BCUT2D eigenvalue weighted by Crippen LogP contribution is 2.30. The van der Waals surface area contributed by atoms with Crippen molar-refractivity contribution >= 4 is 40.0 Å². The van der Waals surface area contributed by atoms with Crippen LogP contribution in [0.1, 0.15) is 56.3 Å². The van der Waals surface area contributed by atoms with E-state index < -0.39 is 0 Å². The normalized spacial score (nSPS) is 14.1. The third-order valence-electron chi connectivity index (χ3n) is 4.73. The number of benzene rings is 1. The Bertz CT molecular complexity index is 884. The van der Waals surface area contributed by atoms with E-state index in [1.807, 2.05) is 13.8 Å². The minimum atomic E-state index is -0.313. The van der Waals surface area contributed by atoms with Gasteiger partial charge in [0, 0.05) is 11.6 Å². The van der Waals surface area contributed by atoms with Crippen molar-refractivity contribution in [3.05, 3.63) is 23.8 Å². The fraction of sp³-hybridized carbons (Fsp3) is 0.524. The molecule has 2 aromatic rings. The molecule has 1 aliphatic rings. The predicted molar refractivity (Wildman–Crippen MR) is 122 cm³/mol. The van der Waals surface area contributed by atoms with Crippen LogP contribution in [-0.2, 0) is 4.79 Å². The molecule has 2 N–H and O–H groups in total. The number of hydrogen-bond donors (Lipinski definition) is 2. The molecule has 31 heavy (non-hydrogen) atoms. The number of amides is 2. The van der Waals surface area contributed by atoms with Gasteiger partial charge in [0.25, 0.3) is 5.91 Å². The average molecular weight is 465 g/mol. The number of nitrogens with one attached hydrogen (secondary N) is 2. The molecule has 0 atom stereocenters. The second kappa shape index (κ2) is 11.9. The summed E-state index contributed by atoms with van der Waals surface area (Å²) in [4.78, 5) is 24.7. The molecule has 0 aliphatic heterocycles. The fourth-order valence-electron chi connectivity index (χ4n) is 3.32. The molecule has 1 aliphatic carbocycles. The zero-order valence-corrected chi connectivity index (χ0v) is 19.4. The van der Waals surface area contributed by atoms with E-state index in [2.05, 4.69) is 20.8 Å². The first kappa shape index (κ1) is 23.3. The molecule has 10 heteroatoms. The second-order valence-electron chi connectivity index (χ2n) is 7.05. The van der Waals surface area contributed by atoms with Crippen molar-refractivity contribution in [1.29, 1.82) is 0 Å². The summed E-state index contributed by atoms with van der Waals surface area (Å²) in [7, 11) is 0. The van der Waals surface area contributed by atoms with Crippen LogP contribution < -0.4 is 20.1 Å². The Kier molecular flexibility index (Phi) is 8.96. The summed E-state index contributed by atoms with van der Waals surface area (Å²) in [5.74, 6) is 1.11. The lowest BCUT2D eigenvalue weighted by Crippen LogP contribution is -2.37. The maximum atomic E-state index is 12.6. The maximum absolute atomic E-state index is 12.6. The monoisotopic (exact) mass is 464 g/mol. The average Bonchev–Trinajstić information content (AvgIpc) is 3.22. The molecule has 1 heterocycles. The molecule has 0 radical (unpaired) electrons. The summed E-state index contributed by atoms with van der Waals surface area (Å²) >= 11 is 2.56. The van der Waals surface area contributed by atoms with Crippen molar-refractivity contribution in [2.75, 3.05) is 24.3 Å². The number of carbonyl (C=O) groups excluding carboxylic acids is 2. The molecular weight excluding hydrogens is 436 g/mol. The Morgan fingerprint density at radius 3 is 2.58 bits per heavy atom. The summed E-state index contributed by atoms with van der Waals surface area (Å²) < 4.78 is 11.7. The number of anilines is 1. The quantitative estimate of drug-likeness (QED) is 0.403. The van der Waals surface area contributed by atoms with E-state index in [-0.39, 0.29) is 17.6 Å². The molecule has 1 saturated carbocycles. The van der Waals surface area contributed by atoms with E-state index in [4.69, 9.17) is 9.47 Å². The molecule has 0 bridgehead atoms. The molecule has 3 rings (SSSR count). The van der Waals surface area contributed by atoms with Crippen LogP contribution in [0.4, 0.5) is 5.13 Å². The van der Waals surface area contributed by atoms with Gasteiger partial charge in [-0.15, -0.1) is 10.2 Å². The van der Waals surface area contributed by atoms with Crippen LogP contribution in [0, 0.1) is 0 Å². The first-order valence-corrected chi connectivity index (χ1v) is 12.4. The van der Waals surface area contributed by atoms with E-state index in [9.17, 15) is 9.59 Å². The molecule has 0 spiro atoms. The number of rotatable bonds is 10. The number of aromatic nitrogens is 2. The van der Waals surface area contributed by atoms with Crippen LogP contribution in [0.5, 0.6) is 11.5 Å². The number of hydrogen-bond acceptors (Lipinski definition) is 8. The number of carbonyl (C=O) groups is 2. The standard InChI is InChI=1S/C21H28N4O4S2/c1-3-28-16-11-10-14(12-17(16)29-4-2)19(27)23-20-24-25-21(31-20)30-13-18(26)22-15-8-6-5-7-9-15/h10-12,15H,3-9,13H2,1-2H3,(H,22,26)(H,23,24,27). The Morgan fingerprint density at radius 1 is 1.10 bits per heavy atom. The number of nitrogens with zero attached hydrogens (tertiary/aromatic N) is 2. The van der Waals surface area contributed by atoms with Crippen molar-refractivity contribution in [2.24, 2.45) is 0 Å². The van der Waals surface area contributed by atoms with Crippen LogP contribution in [-0.4, -0.2) is 47.0 Å². The summed E-state index contributed by atoms with van der Waals surface area (Å²) in [6.07, 6.45) is 5.73. The van der Waals surface area contributed by atoms with Gasteiger partial charge in [0.15, 0.2) is 15.8 Å². The van der Waals surface area contributed by atoms with Crippen molar-refractivity contribution in [3.8, 4) is 11.5 Å². The third kappa shape index (κ3) is 7.10. The molecular formula is C21H28N4O4S2. The van der Waals surface area contributed by atoms with Crippen LogP contribution in [0.15, 0.2) is 22.5 Å². The van der Waals surface area contributed by atoms with E-state index in [1.165, 1.54) is 42.4 Å². The van der Waals surface area contributed by atoms with Crippen molar-refractivity contribution in [3.63, 3.8) is 0 Å². The van der Waals surface area contributed by atoms with Gasteiger partial charge in [-0.3, -0.25) is 14.9 Å². The first-order chi connectivity index (χ1) is 15.1. The number of thioether (sulfide) groups is 1. The van der Waals surface area contributed by atoms with Crippen LogP contribution in [0.2, 0.25) is 0 Å². The summed E-state index contributed by atoms with van der Waals surface area (Å²) in [6.45, 7) is 4.74. The molecule has 1 aromatic heterocycles. The van der Waals surface area contributed by atoms with E-state index >= 15 is 0 Å². The molecule has 168 valence electrons. The molecule has 0 unspecified atom stereocenters. The molecule has 0 saturated heterocycles. The molecule has 1 aromatic carbocycles. The zero-order chi connectivity index (χ0) is 22.1. The van der Waals surface area contributed by atoms with E-state index in [1.54, 1.807) is 18.2 Å². The number of ether oxygens (including phenoxy) is 2. The molecule has 2 amide bonds. The van der Waals surface area contributed by atoms with Crippen molar-refractivity contribution < 1.29 is 19.1 Å². The fourth-order valence-corrected chi connectivity index (χ4v) is 4.88. The van der Waals surface area contributed by atoms with Gasteiger partial charge < -0.3 is 14.8 Å². The lowest BCUT2D eigenvalue weighted by molar-refractivity contribution is -0.119. The summed E-state index contributed by atoms with van der Waals surface area (Å²) in [5.41, 5.74) is 0.433. The highest BCUT2D eigenvalue weighted by molar-refractivity contribution is 8.01. The Labute approximate surface area is 190 Å². The minimum absolute atomic E-state index is 0.00975. The highest BCUT2D eigenvalue weighted by Gasteiger charge is 2.17. The van der Waals surface area contributed by atoms with Gasteiger partial charge >= 0.3 is 0 Å². The van der Waals surface area contributed by atoms with Gasteiger partial charge in [0.2, 0.25) is 11.0 Å².